The molecule has 0 unspecified atom stereocenters. The molecule has 1 amide bonds. The molecule has 6 nitrogen and oxygen atoms in total. The van der Waals surface area contributed by atoms with Crippen LogP contribution in [0.5, 0.6) is 17.2 Å². The molecule has 0 fully saturated rings. The molecule has 0 radical (unpaired) electrons. The summed E-state index contributed by atoms with van der Waals surface area (Å²) in [6.07, 6.45) is 1.08. The zero-order valence-corrected chi connectivity index (χ0v) is 12.5. The molecule has 6 heteroatoms. The molecule has 0 spiro atoms. The van der Waals surface area contributed by atoms with E-state index >= 15 is 0 Å². The summed E-state index contributed by atoms with van der Waals surface area (Å²) >= 11 is 0. The van der Waals surface area contributed by atoms with Gasteiger partial charge in [0, 0.05) is 18.7 Å². The molecule has 0 aromatic heterocycles. The van der Waals surface area contributed by atoms with Gasteiger partial charge in [0.25, 0.3) is 5.91 Å². The minimum Gasteiger partial charge on any atom is -0.493 e. The van der Waals surface area contributed by atoms with E-state index in [0.29, 0.717) is 42.6 Å². The summed E-state index contributed by atoms with van der Waals surface area (Å²) in [5, 5.41) is 6.09. The number of methoxy groups -OCH3 is 1. The van der Waals surface area contributed by atoms with Gasteiger partial charge in [0.05, 0.1) is 7.11 Å². The molecule has 1 aromatic carbocycles. The Morgan fingerprint density at radius 1 is 1.24 bits per heavy atom. The molecule has 0 saturated heterocycles. The third kappa shape index (κ3) is 4.01. The number of ether oxygens (including phenoxy) is 3. The number of carbonyl (C=O) groups excluding carboxylic acids is 1. The van der Waals surface area contributed by atoms with Crippen molar-refractivity contribution in [2.75, 3.05) is 40.0 Å². The van der Waals surface area contributed by atoms with E-state index in [1.165, 1.54) is 0 Å². The first kappa shape index (κ1) is 15.4. The van der Waals surface area contributed by atoms with Crippen molar-refractivity contribution >= 4 is 5.91 Å². The van der Waals surface area contributed by atoms with Crippen molar-refractivity contribution in [1.82, 2.24) is 10.6 Å². The maximum absolute atomic E-state index is 12.1. The Morgan fingerprint density at radius 2 is 2.05 bits per heavy atom. The Hall–Kier alpha value is -1.95. The van der Waals surface area contributed by atoms with E-state index in [2.05, 4.69) is 17.6 Å². The van der Waals surface area contributed by atoms with Crippen LogP contribution in [0.4, 0.5) is 0 Å². The molecule has 1 aliphatic heterocycles. The first-order valence-electron chi connectivity index (χ1n) is 7.22. The third-order valence-corrected chi connectivity index (χ3v) is 3.10. The number of hydrogen-bond acceptors (Lipinski definition) is 5. The molecule has 1 heterocycles. The topological polar surface area (TPSA) is 68.8 Å². The van der Waals surface area contributed by atoms with E-state index in [-0.39, 0.29) is 5.91 Å². The van der Waals surface area contributed by atoms with Crippen LogP contribution in [0, 0.1) is 0 Å². The quantitative estimate of drug-likeness (QED) is 0.740. The van der Waals surface area contributed by atoms with E-state index in [1.54, 1.807) is 19.2 Å². The first-order chi connectivity index (χ1) is 10.3. The standard InChI is InChI=1S/C15H22N2O4/c1-3-4-16-5-6-17-15(18)11-9-12(19-2)14-13(10-11)20-7-8-21-14/h9-10,16H,3-8H2,1-2H3,(H,17,18). The van der Waals surface area contributed by atoms with Crippen LogP contribution < -0.4 is 24.8 Å². The summed E-state index contributed by atoms with van der Waals surface area (Å²) in [6, 6.07) is 3.36. The predicted molar refractivity (Wildman–Crippen MR) is 79.5 cm³/mol. The van der Waals surface area contributed by atoms with Gasteiger partial charge in [-0.2, -0.15) is 0 Å². The molecule has 0 atom stereocenters. The van der Waals surface area contributed by atoms with Gasteiger partial charge in [-0.15, -0.1) is 0 Å². The molecule has 116 valence electrons. The highest BCUT2D eigenvalue weighted by molar-refractivity contribution is 5.95. The summed E-state index contributed by atoms with van der Waals surface area (Å²) in [4.78, 5) is 12.1. The maximum atomic E-state index is 12.1. The van der Waals surface area contributed by atoms with Gasteiger partial charge < -0.3 is 24.8 Å². The lowest BCUT2D eigenvalue weighted by Gasteiger charge is -2.21. The van der Waals surface area contributed by atoms with Crippen LogP contribution >= 0.6 is 0 Å². The second kappa shape index (κ2) is 7.73. The molecule has 2 N–H and O–H groups in total. The minimum absolute atomic E-state index is 0.149. The fourth-order valence-electron chi connectivity index (χ4n) is 2.07. The van der Waals surface area contributed by atoms with E-state index in [4.69, 9.17) is 14.2 Å². The van der Waals surface area contributed by atoms with Crippen LogP contribution in [0.1, 0.15) is 23.7 Å². The normalized spacial score (nSPS) is 12.9. The van der Waals surface area contributed by atoms with Gasteiger partial charge in [0.1, 0.15) is 13.2 Å². The molecule has 0 aliphatic carbocycles. The van der Waals surface area contributed by atoms with E-state index < -0.39 is 0 Å². The summed E-state index contributed by atoms with van der Waals surface area (Å²) in [7, 11) is 1.55. The second-order valence-electron chi connectivity index (χ2n) is 4.71. The van der Waals surface area contributed by atoms with Crippen LogP contribution in [-0.2, 0) is 0 Å². The number of benzene rings is 1. The summed E-state index contributed by atoms with van der Waals surface area (Å²) < 4.78 is 16.3. The van der Waals surface area contributed by atoms with Crippen LogP contribution in [0.3, 0.4) is 0 Å². The molecule has 21 heavy (non-hydrogen) atoms. The number of nitrogens with one attached hydrogen (secondary N) is 2. The van der Waals surface area contributed by atoms with Gasteiger partial charge in [-0.1, -0.05) is 6.92 Å². The van der Waals surface area contributed by atoms with Crippen molar-refractivity contribution in [3.05, 3.63) is 17.7 Å². The molecule has 0 bridgehead atoms. The Bertz CT molecular complexity index is 474. The highest BCUT2D eigenvalue weighted by atomic mass is 16.6. The highest BCUT2D eigenvalue weighted by Crippen LogP contribution is 2.40. The molecular weight excluding hydrogens is 272 g/mol. The fourth-order valence-corrected chi connectivity index (χ4v) is 2.07. The number of carbonyl (C=O) groups is 1. The zero-order chi connectivity index (χ0) is 15.1. The van der Waals surface area contributed by atoms with Crippen molar-refractivity contribution in [2.24, 2.45) is 0 Å². The minimum atomic E-state index is -0.149. The van der Waals surface area contributed by atoms with Gasteiger partial charge in [-0.25, -0.2) is 0 Å². The van der Waals surface area contributed by atoms with Gasteiger partial charge in [-0.3, -0.25) is 4.79 Å². The Morgan fingerprint density at radius 3 is 2.81 bits per heavy atom. The van der Waals surface area contributed by atoms with Crippen molar-refractivity contribution in [3.63, 3.8) is 0 Å². The van der Waals surface area contributed by atoms with Crippen molar-refractivity contribution in [2.45, 2.75) is 13.3 Å². The van der Waals surface area contributed by atoms with Gasteiger partial charge in [0.2, 0.25) is 5.75 Å². The van der Waals surface area contributed by atoms with Gasteiger partial charge >= 0.3 is 0 Å². The van der Waals surface area contributed by atoms with Crippen LogP contribution in [0.2, 0.25) is 0 Å². The van der Waals surface area contributed by atoms with Crippen LogP contribution in [0.15, 0.2) is 12.1 Å². The summed E-state index contributed by atoms with van der Waals surface area (Å²) in [6.45, 7) is 5.35. The maximum Gasteiger partial charge on any atom is 0.251 e. The Labute approximate surface area is 124 Å². The monoisotopic (exact) mass is 294 g/mol. The van der Waals surface area contributed by atoms with E-state index in [1.807, 2.05) is 0 Å². The van der Waals surface area contributed by atoms with Crippen molar-refractivity contribution < 1.29 is 19.0 Å². The SMILES string of the molecule is CCCNCCNC(=O)c1cc(OC)c2c(c1)OCCO2. The fraction of sp³-hybridized carbons (Fsp3) is 0.533. The van der Waals surface area contributed by atoms with Crippen molar-refractivity contribution in [3.8, 4) is 17.2 Å². The average molecular weight is 294 g/mol. The molecule has 1 aliphatic rings. The van der Waals surface area contributed by atoms with Crippen molar-refractivity contribution in [1.29, 1.82) is 0 Å². The van der Waals surface area contributed by atoms with E-state index in [0.717, 1.165) is 19.5 Å². The molecule has 2 rings (SSSR count). The lowest BCUT2D eigenvalue weighted by Crippen LogP contribution is -2.32. The molecule has 1 aromatic rings. The lowest BCUT2D eigenvalue weighted by molar-refractivity contribution is 0.0952. The predicted octanol–water partition coefficient (Wildman–Crippen LogP) is 1.20. The van der Waals surface area contributed by atoms with Gasteiger partial charge in [0.15, 0.2) is 11.5 Å². The van der Waals surface area contributed by atoms with Crippen LogP contribution in [0.25, 0.3) is 0 Å². The highest BCUT2D eigenvalue weighted by Gasteiger charge is 2.20. The summed E-state index contributed by atoms with van der Waals surface area (Å²) in [5.74, 6) is 1.48. The van der Waals surface area contributed by atoms with E-state index in [9.17, 15) is 4.79 Å². The largest absolute Gasteiger partial charge is 0.493 e. The smallest absolute Gasteiger partial charge is 0.251 e. The average Bonchev–Trinajstić information content (AvgIpc) is 2.53. The second-order valence-corrected chi connectivity index (χ2v) is 4.71. The molecule has 0 saturated carbocycles. The Kier molecular flexibility index (Phi) is 5.68. The third-order valence-electron chi connectivity index (χ3n) is 3.10. The Balaban J connectivity index is 2.00. The molecular formula is C15H22N2O4. The number of hydrogen-bond donors (Lipinski definition) is 2. The first-order valence-corrected chi connectivity index (χ1v) is 7.22. The zero-order valence-electron chi connectivity index (χ0n) is 12.5. The number of rotatable bonds is 7. The summed E-state index contributed by atoms with van der Waals surface area (Å²) in [5.41, 5.74) is 0.506. The number of amides is 1. The number of fused-ring (bicyclic) bond motifs is 1. The lowest BCUT2D eigenvalue weighted by atomic mass is 10.1. The van der Waals surface area contributed by atoms with Gasteiger partial charge in [-0.05, 0) is 25.1 Å². The van der Waals surface area contributed by atoms with Crippen LogP contribution in [-0.4, -0.2) is 45.9 Å².